The Balaban J connectivity index is 1.63. The second-order valence-corrected chi connectivity index (χ2v) is 7.92. The van der Waals surface area contributed by atoms with Gasteiger partial charge in [-0.3, -0.25) is 0 Å². The highest BCUT2D eigenvalue weighted by Crippen LogP contribution is 2.35. The number of aromatic nitrogens is 1. The lowest BCUT2D eigenvalue weighted by molar-refractivity contribution is 0.237. The van der Waals surface area contributed by atoms with Crippen LogP contribution >= 0.6 is 23.3 Å². The largest absolute Gasteiger partial charge is 0.244 e. The molecule has 0 N–H and O–H groups in total. The molecule has 2 nitrogen and oxygen atoms in total. The van der Waals surface area contributed by atoms with Crippen molar-refractivity contribution in [3.8, 4) is 0 Å². The number of fused-ring (bicyclic) bond motifs is 1. The molecule has 0 radical (unpaired) electrons. The van der Waals surface area contributed by atoms with Crippen molar-refractivity contribution in [2.75, 3.05) is 13.1 Å². The van der Waals surface area contributed by atoms with E-state index in [4.69, 9.17) is 4.98 Å². The van der Waals surface area contributed by atoms with Crippen LogP contribution in [-0.2, 0) is 0 Å². The minimum atomic E-state index is 0.828. The summed E-state index contributed by atoms with van der Waals surface area (Å²) in [5.74, 6) is 1.74. The Hall–Kier alpha value is -0.580. The summed E-state index contributed by atoms with van der Waals surface area (Å²) < 4.78 is 4.96. The second kappa shape index (κ2) is 5.81. The van der Waals surface area contributed by atoms with Gasteiger partial charge in [-0.25, -0.2) is 9.29 Å². The highest BCUT2D eigenvalue weighted by atomic mass is 32.2. The molecule has 0 atom stereocenters. The van der Waals surface area contributed by atoms with Crippen LogP contribution in [0.2, 0.25) is 0 Å². The summed E-state index contributed by atoms with van der Waals surface area (Å²) in [4.78, 5) is 4.70. The van der Waals surface area contributed by atoms with E-state index in [1.54, 1.807) is 0 Å². The number of benzene rings is 1. The maximum Gasteiger partial charge on any atom is 0.166 e. The lowest BCUT2D eigenvalue weighted by atomic mass is 9.87. The first-order valence-corrected chi connectivity index (χ1v) is 8.60. The van der Waals surface area contributed by atoms with Crippen molar-refractivity contribution in [2.45, 2.75) is 31.0 Å². The van der Waals surface area contributed by atoms with E-state index >= 15 is 0 Å². The zero-order chi connectivity index (χ0) is 13.2. The molecule has 19 heavy (non-hydrogen) atoms. The van der Waals surface area contributed by atoms with Crippen LogP contribution in [0.1, 0.15) is 26.7 Å². The van der Waals surface area contributed by atoms with Crippen molar-refractivity contribution in [2.24, 2.45) is 11.8 Å². The summed E-state index contributed by atoms with van der Waals surface area (Å²) in [5.41, 5.74) is 1.13. The van der Waals surface area contributed by atoms with E-state index in [0.29, 0.717) is 0 Å². The maximum absolute atomic E-state index is 4.70. The number of nitrogens with zero attached hydrogens (tertiary/aromatic N) is 2. The fourth-order valence-electron chi connectivity index (χ4n) is 2.63. The first-order valence-electron chi connectivity index (χ1n) is 7.01. The Bertz CT molecular complexity index is 509. The lowest BCUT2D eigenvalue weighted by Crippen LogP contribution is -2.30. The van der Waals surface area contributed by atoms with E-state index in [-0.39, 0.29) is 0 Å². The monoisotopic (exact) mass is 292 g/mol. The molecule has 0 bridgehead atoms. The zero-order valence-corrected chi connectivity index (χ0v) is 13.1. The summed E-state index contributed by atoms with van der Waals surface area (Å²) in [6.07, 6.45) is 2.66. The number of hydrogen-bond donors (Lipinski definition) is 0. The smallest absolute Gasteiger partial charge is 0.166 e. The average molecular weight is 292 g/mol. The van der Waals surface area contributed by atoms with Crippen LogP contribution in [0.25, 0.3) is 10.2 Å². The molecule has 4 heteroatoms. The summed E-state index contributed by atoms with van der Waals surface area (Å²) in [7, 11) is 0. The van der Waals surface area contributed by atoms with Gasteiger partial charge in [0, 0.05) is 13.1 Å². The van der Waals surface area contributed by atoms with Gasteiger partial charge < -0.3 is 0 Å². The molecule has 0 spiro atoms. The van der Waals surface area contributed by atoms with Gasteiger partial charge in [0.25, 0.3) is 0 Å². The molecule has 0 amide bonds. The molecule has 1 fully saturated rings. The molecule has 1 aromatic carbocycles. The predicted molar refractivity (Wildman–Crippen MR) is 84.6 cm³/mol. The van der Waals surface area contributed by atoms with E-state index in [0.717, 1.165) is 17.4 Å². The number of piperidine rings is 1. The van der Waals surface area contributed by atoms with Crippen LogP contribution in [-0.4, -0.2) is 22.4 Å². The highest BCUT2D eigenvalue weighted by molar-refractivity contribution is 7.98. The normalized spacial score (nSPS) is 18.5. The number of rotatable bonds is 3. The van der Waals surface area contributed by atoms with Gasteiger partial charge in [0.15, 0.2) is 4.34 Å². The first kappa shape index (κ1) is 13.4. The van der Waals surface area contributed by atoms with Gasteiger partial charge in [-0.15, -0.1) is 11.3 Å². The Kier molecular flexibility index (Phi) is 4.10. The minimum absolute atomic E-state index is 0.828. The molecule has 1 aliphatic heterocycles. The van der Waals surface area contributed by atoms with Crippen LogP contribution in [0.3, 0.4) is 0 Å². The van der Waals surface area contributed by atoms with Crippen LogP contribution in [0.5, 0.6) is 0 Å². The molecule has 1 aromatic heterocycles. The van der Waals surface area contributed by atoms with Crippen LogP contribution in [0.15, 0.2) is 28.6 Å². The van der Waals surface area contributed by atoms with Crippen molar-refractivity contribution in [3.63, 3.8) is 0 Å². The van der Waals surface area contributed by atoms with E-state index in [1.165, 1.54) is 35.0 Å². The number of hydrogen-bond acceptors (Lipinski definition) is 4. The molecule has 0 aliphatic carbocycles. The third kappa shape index (κ3) is 3.12. The summed E-state index contributed by atoms with van der Waals surface area (Å²) >= 11 is 3.65. The number of para-hydroxylation sites is 1. The van der Waals surface area contributed by atoms with Gasteiger partial charge in [-0.1, -0.05) is 26.0 Å². The molecule has 1 saturated heterocycles. The van der Waals surface area contributed by atoms with E-state index < -0.39 is 0 Å². The van der Waals surface area contributed by atoms with Gasteiger partial charge in [0.1, 0.15) is 0 Å². The number of thiazole rings is 1. The third-order valence-corrected chi connectivity index (χ3v) is 6.10. The quantitative estimate of drug-likeness (QED) is 0.765. The fourth-order valence-corrected chi connectivity index (χ4v) is 4.82. The Morgan fingerprint density at radius 3 is 2.68 bits per heavy atom. The van der Waals surface area contributed by atoms with Crippen molar-refractivity contribution < 1.29 is 0 Å². The lowest BCUT2D eigenvalue weighted by Gasteiger charge is -2.32. The third-order valence-electron chi connectivity index (χ3n) is 3.92. The SMILES string of the molecule is CC(C)C1CCN(Sc2nc3ccccc3s2)CC1. The van der Waals surface area contributed by atoms with Gasteiger partial charge in [-0.05, 0) is 48.8 Å². The Morgan fingerprint density at radius 2 is 2.00 bits per heavy atom. The van der Waals surface area contributed by atoms with E-state index in [9.17, 15) is 0 Å². The van der Waals surface area contributed by atoms with Crippen molar-refractivity contribution >= 4 is 33.5 Å². The van der Waals surface area contributed by atoms with Crippen LogP contribution in [0, 0.1) is 11.8 Å². The molecule has 102 valence electrons. The first-order chi connectivity index (χ1) is 9.22. The maximum atomic E-state index is 4.70. The summed E-state index contributed by atoms with van der Waals surface area (Å²) in [6.45, 7) is 7.09. The molecule has 0 saturated carbocycles. The Morgan fingerprint density at radius 1 is 1.26 bits per heavy atom. The van der Waals surface area contributed by atoms with E-state index in [2.05, 4.69) is 42.4 Å². The van der Waals surface area contributed by atoms with Crippen LogP contribution in [0.4, 0.5) is 0 Å². The molecular weight excluding hydrogens is 272 g/mol. The summed E-state index contributed by atoms with van der Waals surface area (Å²) in [6, 6.07) is 8.40. The van der Waals surface area contributed by atoms with Crippen molar-refractivity contribution in [3.05, 3.63) is 24.3 Å². The molecule has 3 rings (SSSR count). The molecule has 0 unspecified atom stereocenters. The topological polar surface area (TPSA) is 16.1 Å². The highest BCUT2D eigenvalue weighted by Gasteiger charge is 2.22. The van der Waals surface area contributed by atoms with Gasteiger partial charge in [0.2, 0.25) is 0 Å². The minimum Gasteiger partial charge on any atom is -0.244 e. The predicted octanol–water partition coefficient (Wildman–Crippen LogP) is 4.67. The standard InChI is InChI=1S/C15H20N2S2/c1-11(2)12-7-9-17(10-8-12)19-15-16-13-5-3-4-6-14(13)18-15/h3-6,11-12H,7-10H2,1-2H3. The van der Waals surface area contributed by atoms with Crippen molar-refractivity contribution in [1.29, 1.82) is 0 Å². The Labute approximate surface area is 123 Å². The fraction of sp³-hybridized carbons (Fsp3) is 0.533. The van der Waals surface area contributed by atoms with Gasteiger partial charge >= 0.3 is 0 Å². The van der Waals surface area contributed by atoms with E-state index in [1.807, 2.05) is 23.3 Å². The molecular formula is C15H20N2S2. The van der Waals surface area contributed by atoms with Crippen molar-refractivity contribution in [1.82, 2.24) is 9.29 Å². The van der Waals surface area contributed by atoms with Gasteiger partial charge in [-0.2, -0.15) is 0 Å². The summed E-state index contributed by atoms with van der Waals surface area (Å²) in [5, 5.41) is 0. The van der Waals surface area contributed by atoms with Crippen LogP contribution < -0.4 is 0 Å². The zero-order valence-electron chi connectivity index (χ0n) is 11.5. The molecule has 1 aliphatic rings. The van der Waals surface area contributed by atoms with Gasteiger partial charge in [0.05, 0.1) is 10.2 Å². The molecule has 2 aromatic rings. The average Bonchev–Trinajstić information content (AvgIpc) is 2.81. The molecule has 2 heterocycles. The second-order valence-electron chi connectivity index (χ2n) is 5.55.